The fourth-order valence-electron chi connectivity index (χ4n) is 5.18. The third-order valence-electron chi connectivity index (χ3n) is 6.98. The monoisotopic (exact) mass is 486 g/mol. The topological polar surface area (TPSA) is 67.4 Å². The Kier molecular flexibility index (Phi) is 6.73. The van der Waals surface area contributed by atoms with E-state index in [1.807, 2.05) is 66.9 Å². The molecule has 0 radical (unpaired) electrons. The first kappa shape index (κ1) is 23.4. The molecule has 1 atom stereocenters. The predicted octanol–water partition coefficient (Wildman–Crippen LogP) is 6.17. The molecule has 2 aromatic carbocycles. The quantitative estimate of drug-likeness (QED) is 0.424. The number of rotatable bonds is 5. The molecule has 1 aromatic heterocycles. The molecule has 2 heterocycles. The van der Waals surface area contributed by atoms with Crippen LogP contribution in [0.2, 0.25) is 0 Å². The summed E-state index contributed by atoms with van der Waals surface area (Å²) in [6, 6.07) is 19.0. The largest absolute Gasteiger partial charge is 0.487 e. The van der Waals surface area contributed by atoms with Gasteiger partial charge in [-0.05, 0) is 67.8 Å². The number of carbonyl (C=O) groups is 2. The Morgan fingerprint density at radius 1 is 1.00 bits per heavy atom. The highest BCUT2D eigenvalue weighted by molar-refractivity contribution is 7.10. The van der Waals surface area contributed by atoms with Crippen molar-refractivity contribution in [3.63, 3.8) is 0 Å². The van der Waals surface area contributed by atoms with Crippen LogP contribution in [-0.2, 0) is 4.79 Å². The molecule has 180 valence electrons. The van der Waals surface area contributed by atoms with Crippen molar-refractivity contribution in [1.29, 1.82) is 0 Å². The minimum atomic E-state index is -0.298. The Morgan fingerprint density at radius 2 is 1.77 bits per heavy atom. The van der Waals surface area contributed by atoms with Gasteiger partial charge in [-0.15, -0.1) is 11.3 Å². The third-order valence-corrected chi connectivity index (χ3v) is 7.80. The molecule has 3 aromatic rings. The average Bonchev–Trinajstić information content (AvgIpc) is 3.37. The van der Waals surface area contributed by atoms with Crippen molar-refractivity contribution in [2.24, 2.45) is 0 Å². The van der Waals surface area contributed by atoms with Crippen LogP contribution in [0.5, 0.6) is 5.75 Å². The molecular formula is C29H30N2O3S. The van der Waals surface area contributed by atoms with Gasteiger partial charge in [0.05, 0.1) is 6.04 Å². The first-order valence-electron chi connectivity index (χ1n) is 12.2. The van der Waals surface area contributed by atoms with Crippen LogP contribution < -0.4 is 15.4 Å². The second-order valence-corrected chi connectivity index (χ2v) is 10.4. The van der Waals surface area contributed by atoms with Gasteiger partial charge in [-0.1, -0.05) is 48.9 Å². The normalized spacial score (nSPS) is 18.9. The molecule has 35 heavy (non-hydrogen) atoms. The van der Waals surface area contributed by atoms with Gasteiger partial charge in [-0.3, -0.25) is 9.59 Å². The number of para-hydroxylation sites is 1. The molecule has 2 amide bonds. The summed E-state index contributed by atoms with van der Waals surface area (Å²) in [5, 5.41) is 8.07. The maximum absolute atomic E-state index is 13.6. The summed E-state index contributed by atoms with van der Waals surface area (Å²) in [7, 11) is 0. The van der Waals surface area contributed by atoms with Gasteiger partial charge in [0.1, 0.15) is 17.0 Å². The van der Waals surface area contributed by atoms with E-state index in [0.717, 1.165) is 53.9 Å². The number of carbonyl (C=O) groups excluding carboxylic acids is 2. The van der Waals surface area contributed by atoms with Gasteiger partial charge in [0.25, 0.3) is 11.8 Å². The highest BCUT2D eigenvalue weighted by Crippen LogP contribution is 2.46. The second-order valence-electron chi connectivity index (χ2n) is 9.46. The maximum atomic E-state index is 13.6. The lowest BCUT2D eigenvalue weighted by molar-refractivity contribution is -0.119. The lowest BCUT2D eigenvalue weighted by Crippen LogP contribution is -2.47. The number of ether oxygens (including phenoxy) is 1. The molecule has 1 unspecified atom stereocenters. The molecule has 0 saturated heterocycles. The smallest absolute Gasteiger partial charge is 0.268 e. The first-order chi connectivity index (χ1) is 17.0. The van der Waals surface area contributed by atoms with Crippen molar-refractivity contribution < 1.29 is 14.3 Å². The van der Waals surface area contributed by atoms with E-state index in [2.05, 4.69) is 10.6 Å². The number of hydrogen-bond donors (Lipinski definition) is 2. The van der Waals surface area contributed by atoms with Crippen molar-refractivity contribution >= 4 is 29.2 Å². The van der Waals surface area contributed by atoms with Crippen molar-refractivity contribution in [2.75, 3.05) is 0 Å². The van der Waals surface area contributed by atoms with Crippen LogP contribution in [0.25, 0.3) is 6.08 Å². The molecule has 6 heteroatoms. The van der Waals surface area contributed by atoms with Crippen molar-refractivity contribution in [1.82, 2.24) is 10.6 Å². The summed E-state index contributed by atoms with van der Waals surface area (Å²) in [4.78, 5) is 27.6. The van der Waals surface area contributed by atoms with E-state index in [9.17, 15) is 9.59 Å². The van der Waals surface area contributed by atoms with Gasteiger partial charge in [0, 0.05) is 22.4 Å². The van der Waals surface area contributed by atoms with Crippen LogP contribution in [-0.4, -0.2) is 17.4 Å². The zero-order valence-corrected chi connectivity index (χ0v) is 20.7. The van der Waals surface area contributed by atoms with E-state index in [-0.39, 0.29) is 29.2 Å². The van der Waals surface area contributed by atoms with Crippen LogP contribution in [0, 0.1) is 6.92 Å². The van der Waals surface area contributed by atoms with Crippen LogP contribution in [0.4, 0.5) is 0 Å². The van der Waals surface area contributed by atoms with E-state index < -0.39 is 0 Å². The van der Waals surface area contributed by atoms with Crippen molar-refractivity contribution in [3.8, 4) is 5.75 Å². The molecule has 1 aliphatic carbocycles. The van der Waals surface area contributed by atoms with Gasteiger partial charge in [-0.25, -0.2) is 0 Å². The minimum Gasteiger partial charge on any atom is -0.487 e. The summed E-state index contributed by atoms with van der Waals surface area (Å²) < 4.78 is 6.52. The zero-order valence-electron chi connectivity index (χ0n) is 19.9. The number of benzene rings is 2. The lowest BCUT2D eigenvalue weighted by atomic mass is 9.77. The average molecular weight is 487 g/mol. The number of fused-ring (bicyclic) bond motifs is 1. The number of aryl methyl sites for hydroxylation is 1. The Morgan fingerprint density at radius 3 is 2.54 bits per heavy atom. The SMILES string of the molecule is Cc1ccccc1C(=O)N/C(=C\c1cccs1)C(=O)NC1CC2(CCCCC2)Oc2ccccc21. The van der Waals surface area contributed by atoms with Gasteiger partial charge in [0.15, 0.2) is 0 Å². The first-order valence-corrected chi connectivity index (χ1v) is 13.1. The predicted molar refractivity (Wildman–Crippen MR) is 139 cm³/mol. The van der Waals surface area contributed by atoms with Crippen molar-refractivity contribution in [2.45, 2.75) is 57.1 Å². The highest BCUT2D eigenvalue weighted by atomic mass is 32.1. The van der Waals surface area contributed by atoms with Crippen LogP contribution in [0.1, 0.15) is 70.9 Å². The summed E-state index contributed by atoms with van der Waals surface area (Å²) in [6.45, 7) is 1.89. The summed E-state index contributed by atoms with van der Waals surface area (Å²) in [5.41, 5.74) is 2.39. The van der Waals surface area contributed by atoms with E-state index in [1.54, 1.807) is 12.1 Å². The Balaban J connectivity index is 1.42. The Bertz CT molecular complexity index is 1240. The number of thiophene rings is 1. The van der Waals surface area contributed by atoms with E-state index >= 15 is 0 Å². The lowest BCUT2D eigenvalue weighted by Gasteiger charge is -2.44. The molecule has 2 N–H and O–H groups in total. The standard InChI is InChI=1S/C29H30N2O3S/c1-20-10-3-4-12-22(20)27(32)30-24(18-21-11-9-17-35-21)28(33)31-25-19-29(15-7-2-8-16-29)34-26-14-6-5-13-23(25)26/h3-6,9-14,17-18,25H,2,7-8,15-16,19H2,1H3,(H,30,32)(H,31,33)/b24-18-. The van der Waals surface area contributed by atoms with Crippen LogP contribution in [0.15, 0.2) is 71.7 Å². The van der Waals surface area contributed by atoms with Gasteiger partial charge >= 0.3 is 0 Å². The summed E-state index contributed by atoms with van der Waals surface area (Å²) >= 11 is 1.52. The highest BCUT2D eigenvalue weighted by Gasteiger charge is 2.42. The molecule has 1 spiro atoms. The molecular weight excluding hydrogens is 456 g/mol. The third kappa shape index (κ3) is 5.17. The minimum absolute atomic E-state index is 0.187. The number of nitrogens with one attached hydrogen (secondary N) is 2. The number of hydrogen-bond acceptors (Lipinski definition) is 4. The molecule has 1 saturated carbocycles. The second kappa shape index (κ2) is 10.1. The zero-order chi connectivity index (χ0) is 24.3. The van der Waals surface area contributed by atoms with Crippen LogP contribution in [0.3, 0.4) is 0 Å². The van der Waals surface area contributed by atoms with Gasteiger partial charge < -0.3 is 15.4 Å². The van der Waals surface area contributed by atoms with Crippen LogP contribution >= 0.6 is 11.3 Å². The Hall–Kier alpha value is -3.38. The summed E-state index contributed by atoms with van der Waals surface area (Å²) in [6.07, 6.45) is 7.97. The molecule has 5 rings (SSSR count). The Labute approximate surface area is 210 Å². The molecule has 2 aliphatic rings. The number of amides is 2. The molecule has 1 aliphatic heterocycles. The van der Waals surface area contributed by atoms with Gasteiger partial charge in [0.2, 0.25) is 0 Å². The maximum Gasteiger partial charge on any atom is 0.268 e. The van der Waals surface area contributed by atoms with E-state index in [4.69, 9.17) is 4.74 Å². The molecule has 5 nitrogen and oxygen atoms in total. The van der Waals surface area contributed by atoms with Crippen molar-refractivity contribution in [3.05, 3.63) is 93.3 Å². The fraction of sp³-hybridized carbons (Fsp3) is 0.310. The van der Waals surface area contributed by atoms with E-state index in [1.165, 1.54) is 17.8 Å². The summed E-state index contributed by atoms with van der Waals surface area (Å²) in [5.74, 6) is 0.254. The molecule has 1 fully saturated rings. The fourth-order valence-corrected chi connectivity index (χ4v) is 5.83. The van der Waals surface area contributed by atoms with Gasteiger partial charge in [-0.2, -0.15) is 0 Å². The van der Waals surface area contributed by atoms with E-state index in [0.29, 0.717) is 5.56 Å². The molecule has 0 bridgehead atoms.